The van der Waals surface area contributed by atoms with Crippen molar-refractivity contribution in [3.63, 3.8) is 0 Å². The van der Waals surface area contributed by atoms with Gasteiger partial charge in [-0.25, -0.2) is 4.99 Å². The number of methoxy groups -OCH3 is 1. The fraction of sp³-hybridized carbons (Fsp3) is 0.273. The molecule has 30 heavy (non-hydrogen) atoms. The fourth-order valence-corrected chi connectivity index (χ4v) is 4.81. The number of amides is 1. The van der Waals surface area contributed by atoms with E-state index >= 15 is 0 Å². The molecule has 0 radical (unpaired) electrons. The van der Waals surface area contributed by atoms with Crippen molar-refractivity contribution < 1.29 is 14.5 Å². The standard InChI is InChI=1S/C22H21N3O4S/c1-29-19-12-11-15(13-18(19)25(27)28)14-20-21(26)24(17-9-5-6-10-17)22(30-20)23-16-7-3-2-4-8-16/h2-4,7-8,11-14,17H,5-6,9-10H2,1H3. The number of para-hydroxylation sites is 1. The lowest BCUT2D eigenvalue weighted by Crippen LogP contribution is -2.37. The smallest absolute Gasteiger partial charge is 0.311 e. The first-order chi connectivity index (χ1) is 14.6. The zero-order chi connectivity index (χ0) is 21.1. The normalized spacial score (nSPS) is 19.8. The molecule has 2 aromatic carbocycles. The number of thioether (sulfide) groups is 1. The molecule has 1 saturated heterocycles. The molecule has 154 valence electrons. The molecular formula is C22H21N3O4S. The summed E-state index contributed by atoms with van der Waals surface area (Å²) in [5.41, 5.74) is 1.23. The van der Waals surface area contributed by atoms with Gasteiger partial charge in [0.15, 0.2) is 10.9 Å². The Morgan fingerprint density at radius 3 is 2.60 bits per heavy atom. The van der Waals surface area contributed by atoms with Gasteiger partial charge in [0.05, 0.1) is 22.6 Å². The Balaban J connectivity index is 1.71. The van der Waals surface area contributed by atoms with E-state index in [-0.39, 0.29) is 23.4 Å². The molecule has 7 nitrogen and oxygen atoms in total. The molecule has 0 unspecified atom stereocenters. The second-order valence-corrected chi connectivity index (χ2v) is 8.15. The van der Waals surface area contributed by atoms with Crippen molar-refractivity contribution in [3.8, 4) is 5.75 Å². The minimum absolute atomic E-state index is 0.0972. The number of benzene rings is 2. The summed E-state index contributed by atoms with van der Waals surface area (Å²) in [5, 5.41) is 12.0. The van der Waals surface area contributed by atoms with E-state index in [1.807, 2.05) is 30.3 Å². The van der Waals surface area contributed by atoms with Crippen LogP contribution in [0.2, 0.25) is 0 Å². The van der Waals surface area contributed by atoms with E-state index in [9.17, 15) is 14.9 Å². The van der Waals surface area contributed by atoms with Gasteiger partial charge < -0.3 is 4.74 Å². The molecule has 0 bridgehead atoms. The molecule has 2 aromatic rings. The van der Waals surface area contributed by atoms with Crippen molar-refractivity contribution in [3.05, 3.63) is 69.1 Å². The Labute approximate surface area is 178 Å². The van der Waals surface area contributed by atoms with Crippen LogP contribution in [0, 0.1) is 10.1 Å². The number of nitro groups is 1. The maximum absolute atomic E-state index is 13.2. The largest absolute Gasteiger partial charge is 0.490 e. The number of ether oxygens (including phenoxy) is 1. The molecule has 1 amide bonds. The molecule has 1 aliphatic carbocycles. The fourth-order valence-electron chi connectivity index (χ4n) is 3.75. The number of nitrogens with zero attached hydrogens (tertiary/aromatic N) is 3. The second-order valence-electron chi connectivity index (χ2n) is 7.14. The highest BCUT2D eigenvalue weighted by atomic mass is 32.2. The van der Waals surface area contributed by atoms with E-state index in [4.69, 9.17) is 9.73 Å². The summed E-state index contributed by atoms with van der Waals surface area (Å²) in [6.07, 6.45) is 5.81. The predicted molar refractivity (Wildman–Crippen MR) is 118 cm³/mol. The van der Waals surface area contributed by atoms with Crippen LogP contribution in [0.5, 0.6) is 5.75 Å². The Morgan fingerprint density at radius 1 is 1.20 bits per heavy atom. The van der Waals surface area contributed by atoms with Gasteiger partial charge in [-0.1, -0.05) is 37.1 Å². The van der Waals surface area contributed by atoms with Gasteiger partial charge in [0.1, 0.15) is 0 Å². The van der Waals surface area contributed by atoms with Crippen LogP contribution in [0.4, 0.5) is 11.4 Å². The van der Waals surface area contributed by atoms with E-state index in [0.29, 0.717) is 15.6 Å². The quantitative estimate of drug-likeness (QED) is 0.377. The summed E-state index contributed by atoms with van der Waals surface area (Å²) in [5.74, 6) is 0.0894. The molecule has 0 N–H and O–H groups in total. The van der Waals surface area contributed by atoms with Gasteiger partial charge in [-0.3, -0.25) is 19.8 Å². The lowest BCUT2D eigenvalue weighted by atomic mass is 10.1. The molecule has 8 heteroatoms. The number of rotatable bonds is 5. The Kier molecular flexibility index (Phi) is 5.85. The SMILES string of the molecule is COc1ccc(C=C2SC(=Nc3ccccc3)N(C3CCCC3)C2=O)cc1[N+](=O)[O-]. The molecule has 2 aliphatic rings. The predicted octanol–water partition coefficient (Wildman–Crippen LogP) is 5.15. The van der Waals surface area contributed by atoms with Crippen molar-refractivity contribution in [2.75, 3.05) is 7.11 Å². The topological polar surface area (TPSA) is 85.0 Å². The zero-order valence-corrected chi connectivity index (χ0v) is 17.3. The van der Waals surface area contributed by atoms with Crippen LogP contribution in [0.3, 0.4) is 0 Å². The van der Waals surface area contributed by atoms with Crippen LogP contribution >= 0.6 is 11.8 Å². The monoisotopic (exact) mass is 423 g/mol. The molecule has 0 atom stereocenters. The number of carbonyl (C=O) groups excluding carboxylic acids is 1. The number of amidine groups is 1. The summed E-state index contributed by atoms with van der Waals surface area (Å²) in [4.78, 5) is 31.1. The van der Waals surface area contributed by atoms with Gasteiger partial charge in [0.2, 0.25) is 0 Å². The van der Waals surface area contributed by atoms with Gasteiger partial charge in [0.25, 0.3) is 5.91 Å². The Morgan fingerprint density at radius 2 is 1.93 bits per heavy atom. The van der Waals surface area contributed by atoms with Crippen molar-refractivity contribution >= 4 is 40.3 Å². The minimum Gasteiger partial charge on any atom is -0.490 e. The first kappa shape index (κ1) is 20.2. The number of carbonyl (C=O) groups is 1. The van der Waals surface area contributed by atoms with E-state index in [0.717, 1.165) is 31.4 Å². The van der Waals surface area contributed by atoms with E-state index in [1.165, 1.54) is 24.9 Å². The van der Waals surface area contributed by atoms with Crippen LogP contribution in [-0.2, 0) is 4.79 Å². The van der Waals surface area contributed by atoms with E-state index < -0.39 is 4.92 Å². The van der Waals surface area contributed by atoms with Gasteiger partial charge in [-0.15, -0.1) is 0 Å². The minimum atomic E-state index is -0.489. The van der Waals surface area contributed by atoms with Crippen LogP contribution in [0.1, 0.15) is 31.2 Å². The lowest BCUT2D eigenvalue weighted by molar-refractivity contribution is -0.385. The van der Waals surface area contributed by atoms with E-state index in [1.54, 1.807) is 23.1 Å². The van der Waals surface area contributed by atoms with Crippen molar-refractivity contribution in [2.45, 2.75) is 31.7 Å². The average Bonchev–Trinajstić information content (AvgIpc) is 3.37. The summed E-state index contributed by atoms with van der Waals surface area (Å²) < 4.78 is 5.06. The van der Waals surface area contributed by atoms with Gasteiger partial charge >= 0.3 is 5.69 Å². The average molecular weight is 423 g/mol. The van der Waals surface area contributed by atoms with Gasteiger partial charge in [0, 0.05) is 12.1 Å². The lowest BCUT2D eigenvalue weighted by Gasteiger charge is -2.22. The van der Waals surface area contributed by atoms with Crippen LogP contribution in [0.25, 0.3) is 6.08 Å². The molecule has 1 aliphatic heterocycles. The summed E-state index contributed by atoms with van der Waals surface area (Å²) in [6.45, 7) is 0. The molecular weight excluding hydrogens is 402 g/mol. The molecule has 2 fully saturated rings. The van der Waals surface area contributed by atoms with Crippen LogP contribution < -0.4 is 4.74 Å². The maximum atomic E-state index is 13.2. The molecule has 1 saturated carbocycles. The van der Waals surface area contributed by atoms with Crippen LogP contribution in [-0.4, -0.2) is 34.0 Å². The maximum Gasteiger partial charge on any atom is 0.311 e. The molecule has 0 spiro atoms. The number of nitro benzene ring substituents is 1. The third-order valence-corrected chi connectivity index (χ3v) is 6.19. The summed E-state index contributed by atoms with van der Waals surface area (Å²) in [6, 6.07) is 14.4. The third kappa shape index (κ3) is 4.09. The first-order valence-electron chi connectivity index (χ1n) is 9.76. The molecule has 0 aromatic heterocycles. The molecule has 4 rings (SSSR count). The van der Waals surface area contributed by atoms with Crippen molar-refractivity contribution in [2.24, 2.45) is 4.99 Å². The van der Waals surface area contributed by atoms with Crippen LogP contribution in [0.15, 0.2) is 58.4 Å². The van der Waals surface area contributed by atoms with Crippen molar-refractivity contribution in [1.29, 1.82) is 0 Å². The first-order valence-corrected chi connectivity index (χ1v) is 10.6. The summed E-state index contributed by atoms with van der Waals surface area (Å²) in [7, 11) is 1.39. The highest BCUT2D eigenvalue weighted by Gasteiger charge is 2.39. The van der Waals surface area contributed by atoms with Gasteiger partial charge in [-0.2, -0.15) is 0 Å². The number of hydrogen-bond donors (Lipinski definition) is 0. The highest BCUT2D eigenvalue weighted by Crippen LogP contribution is 2.39. The second kappa shape index (κ2) is 8.71. The summed E-state index contributed by atoms with van der Waals surface area (Å²) >= 11 is 1.31. The number of hydrogen-bond acceptors (Lipinski definition) is 6. The van der Waals surface area contributed by atoms with E-state index in [2.05, 4.69) is 0 Å². The Hall–Kier alpha value is -3.13. The molecule has 1 heterocycles. The number of aliphatic imine (C=N–C) groups is 1. The highest BCUT2D eigenvalue weighted by molar-refractivity contribution is 8.18. The third-order valence-electron chi connectivity index (χ3n) is 5.21. The van der Waals surface area contributed by atoms with Gasteiger partial charge in [-0.05, 0) is 54.4 Å². The zero-order valence-electron chi connectivity index (χ0n) is 16.5. The van der Waals surface area contributed by atoms with Crippen molar-refractivity contribution in [1.82, 2.24) is 4.90 Å². The Bertz CT molecular complexity index is 1030.